The summed E-state index contributed by atoms with van der Waals surface area (Å²) in [5, 5.41) is 10.1. The van der Waals surface area contributed by atoms with E-state index in [1.54, 1.807) is 12.1 Å². The molecule has 0 bridgehead atoms. The monoisotopic (exact) mass is 300 g/mol. The molecule has 0 fully saturated rings. The highest BCUT2D eigenvalue weighted by molar-refractivity contribution is 6.42. The lowest BCUT2D eigenvalue weighted by Crippen LogP contribution is -1.94. The Morgan fingerprint density at radius 3 is 2.25 bits per heavy atom. The molecule has 0 saturated heterocycles. The lowest BCUT2D eigenvalue weighted by molar-refractivity contribution is 1.09. The smallest absolute Gasteiger partial charge is 0.201 e. The van der Waals surface area contributed by atoms with Crippen LogP contribution in [0, 0.1) is 0 Å². The summed E-state index contributed by atoms with van der Waals surface area (Å²) >= 11 is 12.0. The van der Waals surface area contributed by atoms with Crippen molar-refractivity contribution in [2.75, 3.05) is 0 Å². The number of benzene rings is 2. The van der Waals surface area contributed by atoms with Crippen LogP contribution in [0.5, 0.6) is 0 Å². The lowest BCUT2D eigenvalue weighted by atomic mass is 10.2. The molecule has 0 aliphatic rings. The predicted molar refractivity (Wildman–Crippen MR) is 80.2 cm³/mol. The molecule has 0 amide bonds. The van der Waals surface area contributed by atoms with E-state index in [4.69, 9.17) is 23.2 Å². The van der Waals surface area contributed by atoms with Crippen molar-refractivity contribution in [1.82, 2.24) is 20.2 Å². The maximum absolute atomic E-state index is 6.03. The minimum Gasteiger partial charge on any atom is -0.242 e. The van der Waals surface area contributed by atoms with Crippen molar-refractivity contribution in [3.05, 3.63) is 46.4 Å². The van der Waals surface area contributed by atoms with Gasteiger partial charge in [0.1, 0.15) is 5.52 Å². The fraction of sp³-hybridized carbons (Fsp3) is 0. The Morgan fingerprint density at radius 2 is 1.45 bits per heavy atom. The first-order valence-electron chi connectivity index (χ1n) is 5.90. The van der Waals surface area contributed by atoms with Gasteiger partial charge in [0.2, 0.25) is 5.65 Å². The topological polar surface area (TPSA) is 51.6 Å². The van der Waals surface area contributed by atoms with E-state index in [0.29, 0.717) is 32.2 Å². The highest BCUT2D eigenvalue weighted by Crippen LogP contribution is 2.28. The van der Waals surface area contributed by atoms with Crippen LogP contribution in [0.15, 0.2) is 36.4 Å². The summed E-state index contributed by atoms with van der Waals surface area (Å²) in [6, 6.07) is 11.1. The molecule has 6 heteroatoms. The molecule has 0 spiro atoms. The number of hydrogen-bond acceptors (Lipinski definition) is 4. The van der Waals surface area contributed by atoms with Crippen LogP contribution in [0.4, 0.5) is 0 Å². The first kappa shape index (κ1) is 11.8. The van der Waals surface area contributed by atoms with Gasteiger partial charge in [-0.3, -0.25) is 0 Å². The van der Waals surface area contributed by atoms with Gasteiger partial charge in [0.05, 0.1) is 26.6 Å². The van der Waals surface area contributed by atoms with Crippen LogP contribution in [-0.4, -0.2) is 20.2 Å². The number of nitrogens with zero attached hydrogens (tertiary/aromatic N) is 4. The molecule has 2 aromatic heterocycles. The maximum atomic E-state index is 6.03. The summed E-state index contributed by atoms with van der Waals surface area (Å²) in [6.07, 6.45) is 0. The van der Waals surface area contributed by atoms with Gasteiger partial charge >= 0.3 is 0 Å². The van der Waals surface area contributed by atoms with Gasteiger partial charge in [0, 0.05) is 5.39 Å². The first-order chi connectivity index (χ1) is 9.72. The van der Waals surface area contributed by atoms with Crippen LogP contribution in [0.25, 0.3) is 33.1 Å². The molecule has 4 aromatic rings. The molecule has 2 heterocycles. The van der Waals surface area contributed by atoms with Gasteiger partial charge in [0.25, 0.3) is 0 Å². The lowest BCUT2D eigenvalue weighted by Gasteiger charge is -2.04. The van der Waals surface area contributed by atoms with Crippen molar-refractivity contribution >= 4 is 56.3 Å². The molecule has 4 rings (SSSR count). The second kappa shape index (κ2) is 4.23. The maximum Gasteiger partial charge on any atom is 0.201 e. The van der Waals surface area contributed by atoms with E-state index in [9.17, 15) is 0 Å². The van der Waals surface area contributed by atoms with Gasteiger partial charge in [-0.15, -0.1) is 10.2 Å². The van der Waals surface area contributed by atoms with Crippen LogP contribution in [0.2, 0.25) is 10.0 Å². The Kier molecular flexibility index (Phi) is 2.49. The fourth-order valence-electron chi connectivity index (χ4n) is 2.16. The van der Waals surface area contributed by atoms with Crippen LogP contribution < -0.4 is 0 Å². The SMILES string of the molecule is Clc1cc2nc3nnc4ccccc4c3nc2cc1Cl. The van der Waals surface area contributed by atoms with Crippen molar-refractivity contribution < 1.29 is 0 Å². The highest BCUT2D eigenvalue weighted by atomic mass is 35.5. The van der Waals surface area contributed by atoms with E-state index in [-0.39, 0.29) is 0 Å². The molecule has 0 N–H and O–H groups in total. The molecular formula is C14H6Cl2N4. The molecule has 0 radical (unpaired) electrons. The second-order valence-corrected chi connectivity index (χ2v) is 5.18. The van der Waals surface area contributed by atoms with E-state index in [0.717, 1.165) is 10.9 Å². The molecule has 0 saturated carbocycles. The Balaban J connectivity index is 2.21. The molecule has 2 aromatic carbocycles. The Labute approximate surface area is 123 Å². The summed E-state index contributed by atoms with van der Waals surface area (Å²) in [7, 11) is 0. The van der Waals surface area contributed by atoms with Gasteiger partial charge in [-0.2, -0.15) is 0 Å². The van der Waals surface area contributed by atoms with Crippen molar-refractivity contribution in [3.63, 3.8) is 0 Å². The zero-order valence-electron chi connectivity index (χ0n) is 10.0. The predicted octanol–water partition coefficient (Wildman–Crippen LogP) is 4.03. The third-order valence-corrected chi connectivity index (χ3v) is 3.82. The van der Waals surface area contributed by atoms with Crippen molar-refractivity contribution in [2.45, 2.75) is 0 Å². The number of halogens is 2. The highest BCUT2D eigenvalue weighted by Gasteiger charge is 2.09. The number of fused-ring (bicyclic) bond motifs is 4. The van der Waals surface area contributed by atoms with Crippen molar-refractivity contribution in [2.24, 2.45) is 0 Å². The zero-order chi connectivity index (χ0) is 13.7. The molecule has 4 nitrogen and oxygen atoms in total. The fourth-order valence-corrected chi connectivity index (χ4v) is 2.47. The summed E-state index contributed by atoms with van der Waals surface area (Å²) in [6.45, 7) is 0. The van der Waals surface area contributed by atoms with Gasteiger partial charge in [0.15, 0.2) is 0 Å². The summed E-state index contributed by atoms with van der Waals surface area (Å²) in [4.78, 5) is 9.05. The minimum atomic E-state index is 0.446. The van der Waals surface area contributed by atoms with Crippen molar-refractivity contribution in [3.8, 4) is 0 Å². The number of hydrogen-bond donors (Lipinski definition) is 0. The summed E-state index contributed by atoms with van der Waals surface area (Å²) < 4.78 is 0. The van der Waals surface area contributed by atoms with Gasteiger partial charge in [-0.05, 0) is 18.2 Å². The van der Waals surface area contributed by atoms with E-state index in [1.165, 1.54) is 0 Å². The number of aromatic nitrogens is 4. The van der Waals surface area contributed by atoms with Gasteiger partial charge in [-0.25, -0.2) is 9.97 Å². The van der Waals surface area contributed by atoms with Gasteiger partial charge in [-0.1, -0.05) is 41.4 Å². The molecule has 96 valence electrons. The third-order valence-electron chi connectivity index (χ3n) is 3.10. The average molecular weight is 301 g/mol. The molecule has 20 heavy (non-hydrogen) atoms. The number of rotatable bonds is 0. The molecule has 0 atom stereocenters. The van der Waals surface area contributed by atoms with Crippen LogP contribution in [-0.2, 0) is 0 Å². The Bertz CT molecular complexity index is 985. The summed E-state index contributed by atoms with van der Waals surface area (Å²) in [5.74, 6) is 0. The third kappa shape index (κ3) is 1.69. The normalized spacial score (nSPS) is 11.5. The average Bonchev–Trinajstić information content (AvgIpc) is 2.47. The van der Waals surface area contributed by atoms with Crippen LogP contribution >= 0.6 is 23.2 Å². The Hall–Kier alpha value is -2.04. The largest absolute Gasteiger partial charge is 0.242 e. The molecule has 0 unspecified atom stereocenters. The minimum absolute atomic E-state index is 0.446. The Morgan fingerprint density at radius 1 is 0.750 bits per heavy atom. The van der Waals surface area contributed by atoms with E-state index in [1.807, 2.05) is 24.3 Å². The van der Waals surface area contributed by atoms with Crippen LogP contribution in [0.1, 0.15) is 0 Å². The van der Waals surface area contributed by atoms with Crippen LogP contribution in [0.3, 0.4) is 0 Å². The molecule has 0 aliphatic carbocycles. The molecule has 0 aliphatic heterocycles. The second-order valence-electron chi connectivity index (χ2n) is 4.37. The van der Waals surface area contributed by atoms with Gasteiger partial charge < -0.3 is 0 Å². The zero-order valence-corrected chi connectivity index (χ0v) is 11.5. The van der Waals surface area contributed by atoms with E-state index >= 15 is 0 Å². The standard InChI is InChI=1S/C14H6Cl2N4/c15-8-5-11-12(6-9(8)16)18-14-13(17-11)7-3-1-2-4-10(7)19-20-14/h1-6H. The van der Waals surface area contributed by atoms with E-state index < -0.39 is 0 Å². The summed E-state index contributed by atoms with van der Waals surface area (Å²) in [5.41, 5.74) is 3.33. The first-order valence-corrected chi connectivity index (χ1v) is 6.66. The quantitative estimate of drug-likeness (QED) is 0.363. The van der Waals surface area contributed by atoms with Crippen molar-refractivity contribution in [1.29, 1.82) is 0 Å². The molecular weight excluding hydrogens is 295 g/mol. The van der Waals surface area contributed by atoms with E-state index in [2.05, 4.69) is 20.2 Å².